The molecule has 0 amide bonds. The SMILES string of the molecule is COc1ccc(CC=NCC(C)(Br)CBr)cc1. The Bertz CT molecular complexity index is 360. The van der Waals surface area contributed by atoms with E-state index in [2.05, 4.69) is 55.9 Å². The van der Waals surface area contributed by atoms with Crippen LogP contribution in [0.3, 0.4) is 0 Å². The van der Waals surface area contributed by atoms with Crippen LogP contribution in [0, 0.1) is 0 Å². The highest BCUT2D eigenvalue weighted by atomic mass is 79.9. The van der Waals surface area contributed by atoms with Gasteiger partial charge in [-0.1, -0.05) is 44.0 Å². The van der Waals surface area contributed by atoms with Gasteiger partial charge in [0, 0.05) is 18.0 Å². The molecule has 1 unspecified atom stereocenters. The van der Waals surface area contributed by atoms with Gasteiger partial charge in [0.2, 0.25) is 0 Å². The fourth-order valence-electron chi connectivity index (χ4n) is 1.23. The van der Waals surface area contributed by atoms with E-state index < -0.39 is 0 Å². The third-order valence-electron chi connectivity index (χ3n) is 2.31. The molecule has 1 rings (SSSR count). The second-order valence-electron chi connectivity index (χ2n) is 4.12. The smallest absolute Gasteiger partial charge is 0.118 e. The summed E-state index contributed by atoms with van der Waals surface area (Å²) in [5.74, 6) is 0.887. The zero-order chi connectivity index (χ0) is 12.7. The molecule has 1 aromatic rings. The van der Waals surface area contributed by atoms with Crippen molar-refractivity contribution >= 4 is 38.1 Å². The molecule has 0 saturated carbocycles. The molecule has 0 heterocycles. The van der Waals surface area contributed by atoms with E-state index in [1.807, 2.05) is 18.3 Å². The van der Waals surface area contributed by atoms with Crippen LogP contribution >= 0.6 is 31.9 Å². The van der Waals surface area contributed by atoms with Crippen LogP contribution in [0.4, 0.5) is 0 Å². The van der Waals surface area contributed by atoms with Crippen molar-refractivity contribution in [3.05, 3.63) is 29.8 Å². The highest BCUT2D eigenvalue weighted by molar-refractivity contribution is 9.12. The normalized spacial score (nSPS) is 14.8. The summed E-state index contributed by atoms with van der Waals surface area (Å²) in [6.07, 6.45) is 2.82. The number of aliphatic imine (C=N–C) groups is 1. The van der Waals surface area contributed by atoms with Crippen molar-refractivity contribution in [1.82, 2.24) is 0 Å². The van der Waals surface area contributed by atoms with E-state index in [0.29, 0.717) is 0 Å². The van der Waals surface area contributed by atoms with Gasteiger partial charge in [0.05, 0.1) is 18.0 Å². The van der Waals surface area contributed by atoms with Crippen LogP contribution in [0.1, 0.15) is 12.5 Å². The molecule has 0 radical (unpaired) electrons. The zero-order valence-electron chi connectivity index (χ0n) is 10.1. The molecule has 2 nitrogen and oxygen atoms in total. The largest absolute Gasteiger partial charge is 0.497 e. The van der Waals surface area contributed by atoms with Gasteiger partial charge in [-0.2, -0.15) is 0 Å². The summed E-state index contributed by atoms with van der Waals surface area (Å²) in [6.45, 7) is 2.89. The highest BCUT2D eigenvalue weighted by Gasteiger charge is 2.16. The lowest BCUT2D eigenvalue weighted by atomic mass is 10.1. The molecule has 17 heavy (non-hydrogen) atoms. The van der Waals surface area contributed by atoms with Gasteiger partial charge in [-0.05, 0) is 24.6 Å². The summed E-state index contributed by atoms with van der Waals surface area (Å²) in [5.41, 5.74) is 1.24. The van der Waals surface area contributed by atoms with Crippen molar-refractivity contribution in [3.8, 4) is 5.75 Å². The van der Waals surface area contributed by atoms with Gasteiger partial charge in [-0.25, -0.2) is 0 Å². The molecule has 0 aliphatic rings. The van der Waals surface area contributed by atoms with Gasteiger partial charge in [0.15, 0.2) is 0 Å². The first-order valence-corrected chi connectivity index (χ1v) is 7.35. The van der Waals surface area contributed by atoms with Crippen LogP contribution in [0.25, 0.3) is 0 Å². The quantitative estimate of drug-likeness (QED) is 0.556. The average Bonchev–Trinajstić information content (AvgIpc) is 2.35. The van der Waals surface area contributed by atoms with E-state index in [1.165, 1.54) is 5.56 Å². The molecule has 94 valence electrons. The summed E-state index contributed by atoms with van der Waals surface area (Å²) >= 11 is 7.06. The lowest BCUT2D eigenvalue weighted by Gasteiger charge is -2.15. The predicted molar refractivity (Wildman–Crippen MR) is 81.2 cm³/mol. The van der Waals surface area contributed by atoms with E-state index in [1.54, 1.807) is 7.11 Å². The Kier molecular flexibility index (Phi) is 6.20. The maximum absolute atomic E-state index is 5.11. The Balaban J connectivity index is 2.42. The van der Waals surface area contributed by atoms with Crippen molar-refractivity contribution in [3.63, 3.8) is 0 Å². The van der Waals surface area contributed by atoms with Crippen LogP contribution in [0.15, 0.2) is 29.3 Å². The lowest BCUT2D eigenvalue weighted by molar-refractivity contribution is 0.414. The van der Waals surface area contributed by atoms with Crippen LogP contribution in [0.2, 0.25) is 0 Å². The fraction of sp³-hybridized carbons (Fsp3) is 0.462. The first-order valence-electron chi connectivity index (χ1n) is 5.43. The van der Waals surface area contributed by atoms with E-state index >= 15 is 0 Å². The summed E-state index contributed by atoms with van der Waals surface area (Å²) in [5, 5.41) is 0.889. The topological polar surface area (TPSA) is 21.6 Å². The van der Waals surface area contributed by atoms with Crippen molar-refractivity contribution < 1.29 is 4.74 Å². The molecule has 0 aliphatic heterocycles. The van der Waals surface area contributed by atoms with Gasteiger partial charge in [-0.15, -0.1) is 0 Å². The highest BCUT2D eigenvalue weighted by Crippen LogP contribution is 2.19. The summed E-state index contributed by atoms with van der Waals surface area (Å²) in [6, 6.07) is 8.05. The van der Waals surface area contributed by atoms with Gasteiger partial charge in [-0.3, -0.25) is 4.99 Å². The minimum absolute atomic E-state index is 0.0450. The Hall–Kier alpha value is -0.350. The summed E-state index contributed by atoms with van der Waals surface area (Å²) in [7, 11) is 1.67. The second-order valence-corrected chi connectivity index (χ2v) is 6.60. The molecule has 0 saturated heterocycles. The molecular formula is C13H17Br2NO. The van der Waals surface area contributed by atoms with Gasteiger partial charge >= 0.3 is 0 Å². The molecule has 0 fully saturated rings. The molecule has 0 spiro atoms. The van der Waals surface area contributed by atoms with E-state index in [9.17, 15) is 0 Å². The molecule has 1 atom stereocenters. The van der Waals surface area contributed by atoms with Crippen LogP contribution in [-0.2, 0) is 6.42 Å². The average molecular weight is 363 g/mol. The molecule has 0 aliphatic carbocycles. The van der Waals surface area contributed by atoms with Crippen LogP contribution in [-0.4, -0.2) is 29.5 Å². The van der Waals surface area contributed by atoms with Gasteiger partial charge < -0.3 is 4.74 Å². The third-order valence-corrected chi connectivity index (χ3v) is 4.84. The standard InChI is InChI=1S/C13H17Br2NO/c1-13(15,9-14)10-16-8-7-11-3-5-12(17-2)6-4-11/h3-6,8H,7,9-10H2,1-2H3. The van der Waals surface area contributed by atoms with Gasteiger partial charge in [0.25, 0.3) is 0 Å². The number of benzene rings is 1. The number of ether oxygens (including phenoxy) is 1. The minimum Gasteiger partial charge on any atom is -0.497 e. The molecule has 4 heteroatoms. The Morgan fingerprint density at radius 2 is 2.00 bits per heavy atom. The van der Waals surface area contributed by atoms with Gasteiger partial charge in [0.1, 0.15) is 5.75 Å². The first kappa shape index (κ1) is 14.7. The maximum atomic E-state index is 5.11. The fourth-order valence-corrected chi connectivity index (χ4v) is 1.55. The van der Waals surface area contributed by atoms with Crippen LogP contribution < -0.4 is 4.74 Å². The number of alkyl halides is 2. The Morgan fingerprint density at radius 1 is 1.35 bits per heavy atom. The summed E-state index contributed by atoms with van der Waals surface area (Å²) in [4.78, 5) is 4.42. The van der Waals surface area contributed by atoms with Crippen molar-refractivity contribution in [2.45, 2.75) is 17.7 Å². The van der Waals surface area contributed by atoms with Crippen molar-refractivity contribution in [2.24, 2.45) is 4.99 Å². The number of rotatable bonds is 6. The predicted octanol–water partition coefficient (Wildman–Crippen LogP) is 3.86. The molecule has 0 bridgehead atoms. The number of hydrogen-bond donors (Lipinski definition) is 0. The van der Waals surface area contributed by atoms with E-state index in [-0.39, 0.29) is 4.32 Å². The summed E-state index contributed by atoms with van der Waals surface area (Å²) < 4.78 is 5.15. The molecular weight excluding hydrogens is 346 g/mol. The zero-order valence-corrected chi connectivity index (χ0v) is 13.3. The first-order chi connectivity index (χ1) is 8.07. The number of nitrogens with zero attached hydrogens (tertiary/aromatic N) is 1. The third kappa shape index (κ3) is 5.68. The van der Waals surface area contributed by atoms with Crippen molar-refractivity contribution in [2.75, 3.05) is 19.0 Å². The van der Waals surface area contributed by atoms with E-state index in [4.69, 9.17) is 4.74 Å². The van der Waals surface area contributed by atoms with E-state index in [0.717, 1.165) is 24.0 Å². The Labute approximate surface area is 120 Å². The monoisotopic (exact) mass is 361 g/mol. The Morgan fingerprint density at radius 3 is 2.53 bits per heavy atom. The minimum atomic E-state index is 0.0450. The number of hydrogen-bond acceptors (Lipinski definition) is 2. The van der Waals surface area contributed by atoms with Crippen molar-refractivity contribution in [1.29, 1.82) is 0 Å². The lowest BCUT2D eigenvalue weighted by Crippen LogP contribution is -2.21. The molecule has 1 aromatic carbocycles. The van der Waals surface area contributed by atoms with Crippen LogP contribution in [0.5, 0.6) is 5.75 Å². The second kappa shape index (κ2) is 7.17. The number of halogens is 2. The molecule has 0 N–H and O–H groups in total. The number of methoxy groups -OCH3 is 1. The molecule has 0 aromatic heterocycles. The maximum Gasteiger partial charge on any atom is 0.118 e.